The van der Waals surface area contributed by atoms with E-state index in [0.717, 1.165) is 36.6 Å². The third-order valence-corrected chi connectivity index (χ3v) is 4.87. The van der Waals surface area contributed by atoms with E-state index >= 15 is 0 Å². The average Bonchev–Trinajstić information content (AvgIpc) is 3.47. The van der Waals surface area contributed by atoms with Crippen molar-refractivity contribution in [2.75, 3.05) is 13.6 Å². The molecule has 8 heteroatoms. The van der Waals surface area contributed by atoms with Crippen LogP contribution >= 0.6 is 24.0 Å². The van der Waals surface area contributed by atoms with Gasteiger partial charge in [-0.1, -0.05) is 48.5 Å². The average molecular weight is 542 g/mol. The molecule has 2 aromatic carbocycles. The zero-order valence-corrected chi connectivity index (χ0v) is 20.3. The van der Waals surface area contributed by atoms with Crippen LogP contribution in [-0.2, 0) is 19.5 Å². The summed E-state index contributed by atoms with van der Waals surface area (Å²) in [5, 5.41) is 6.61. The van der Waals surface area contributed by atoms with Gasteiger partial charge in [0.15, 0.2) is 5.96 Å². The standard InChI is InChI=1S/C24H26N6O.HI/c1-25-24(28-16-21-18-31-23(29-21)20-10-6-3-7-11-20)27-13-12-22-26-14-15-30(22)17-19-8-4-2-5-9-19;/h2-11,14-15,18H,12-13,16-17H2,1H3,(H2,25,27,28);1H. The second kappa shape index (κ2) is 12.0. The second-order valence-corrected chi connectivity index (χ2v) is 7.07. The van der Waals surface area contributed by atoms with E-state index in [1.54, 1.807) is 13.3 Å². The first-order valence-corrected chi connectivity index (χ1v) is 10.3. The Morgan fingerprint density at radius 2 is 1.78 bits per heavy atom. The molecule has 0 radical (unpaired) electrons. The van der Waals surface area contributed by atoms with Crippen LogP contribution in [0.3, 0.4) is 0 Å². The van der Waals surface area contributed by atoms with E-state index < -0.39 is 0 Å². The van der Waals surface area contributed by atoms with Gasteiger partial charge in [-0.15, -0.1) is 24.0 Å². The minimum absolute atomic E-state index is 0. The van der Waals surface area contributed by atoms with Crippen molar-refractivity contribution in [1.29, 1.82) is 0 Å². The lowest BCUT2D eigenvalue weighted by molar-refractivity contribution is 0.572. The van der Waals surface area contributed by atoms with Crippen molar-refractivity contribution >= 4 is 29.9 Å². The minimum atomic E-state index is 0. The fraction of sp³-hybridized carbons (Fsp3) is 0.208. The molecule has 0 unspecified atom stereocenters. The normalized spacial score (nSPS) is 11.1. The summed E-state index contributed by atoms with van der Waals surface area (Å²) in [7, 11) is 1.75. The highest BCUT2D eigenvalue weighted by Gasteiger charge is 2.08. The van der Waals surface area contributed by atoms with Crippen LogP contribution in [0.15, 0.2) is 88.7 Å². The van der Waals surface area contributed by atoms with E-state index in [0.29, 0.717) is 18.4 Å². The third-order valence-electron chi connectivity index (χ3n) is 4.87. The molecule has 0 atom stereocenters. The first kappa shape index (κ1) is 23.5. The van der Waals surface area contributed by atoms with Gasteiger partial charge in [0.1, 0.15) is 12.1 Å². The summed E-state index contributed by atoms with van der Waals surface area (Å²) in [6.45, 7) is 2.07. The molecule has 0 bridgehead atoms. The number of aliphatic imine (C=N–C) groups is 1. The lowest BCUT2D eigenvalue weighted by Crippen LogP contribution is -2.38. The van der Waals surface area contributed by atoms with E-state index in [1.807, 2.05) is 48.8 Å². The quantitative estimate of drug-likeness (QED) is 0.199. The Morgan fingerprint density at radius 1 is 1.03 bits per heavy atom. The van der Waals surface area contributed by atoms with Crippen molar-refractivity contribution in [1.82, 2.24) is 25.2 Å². The van der Waals surface area contributed by atoms with Gasteiger partial charge in [0.05, 0.1) is 12.2 Å². The molecule has 2 aromatic heterocycles. The first-order chi connectivity index (χ1) is 15.3. The van der Waals surface area contributed by atoms with Gasteiger partial charge in [0.25, 0.3) is 0 Å². The Hall–Kier alpha value is -3.14. The van der Waals surface area contributed by atoms with Crippen LogP contribution in [0.5, 0.6) is 0 Å². The molecular formula is C24H27IN6O. The van der Waals surface area contributed by atoms with Crippen molar-refractivity contribution in [2.24, 2.45) is 4.99 Å². The molecule has 0 aliphatic rings. The number of nitrogens with zero attached hydrogens (tertiary/aromatic N) is 4. The molecule has 4 aromatic rings. The van der Waals surface area contributed by atoms with Crippen molar-refractivity contribution in [3.63, 3.8) is 0 Å². The Morgan fingerprint density at radius 3 is 2.53 bits per heavy atom. The zero-order chi connectivity index (χ0) is 21.3. The number of hydrogen-bond donors (Lipinski definition) is 2. The molecule has 0 amide bonds. The predicted molar refractivity (Wildman–Crippen MR) is 137 cm³/mol. The predicted octanol–water partition coefficient (Wildman–Crippen LogP) is 4.11. The number of oxazole rings is 1. The highest BCUT2D eigenvalue weighted by atomic mass is 127. The molecule has 0 fully saturated rings. The lowest BCUT2D eigenvalue weighted by Gasteiger charge is -2.12. The molecule has 0 aliphatic heterocycles. The summed E-state index contributed by atoms with van der Waals surface area (Å²) >= 11 is 0. The van der Waals surface area contributed by atoms with Gasteiger partial charge >= 0.3 is 0 Å². The summed E-state index contributed by atoms with van der Waals surface area (Å²) < 4.78 is 7.76. The SMILES string of the molecule is CN=C(NCCc1nccn1Cc1ccccc1)NCc1coc(-c2ccccc2)n1.I. The molecule has 7 nitrogen and oxygen atoms in total. The smallest absolute Gasteiger partial charge is 0.226 e. The largest absolute Gasteiger partial charge is 0.444 e. The van der Waals surface area contributed by atoms with Gasteiger partial charge in [0.2, 0.25) is 5.89 Å². The summed E-state index contributed by atoms with van der Waals surface area (Å²) in [4.78, 5) is 13.3. The second-order valence-electron chi connectivity index (χ2n) is 7.07. The van der Waals surface area contributed by atoms with Crippen LogP contribution in [0.25, 0.3) is 11.5 Å². The lowest BCUT2D eigenvalue weighted by atomic mass is 10.2. The van der Waals surface area contributed by atoms with Gasteiger partial charge in [-0.2, -0.15) is 0 Å². The van der Waals surface area contributed by atoms with Gasteiger partial charge in [-0.05, 0) is 17.7 Å². The number of imidazole rings is 1. The Balaban J connectivity index is 0.00000289. The van der Waals surface area contributed by atoms with Crippen LogP contribution in [0.2, 0.25) is 0 Å². The van der Waals surface area contributed by atoms with E-state index in [1.165, 1.54) is 5.56 Å². The van der Waals surface area contributed by atoms with Gasteiger partial charge in [0, 0.05) is 44.5 Å². The molecule has 0 saturated carbocycles. The molecule has 0 spiro atoms. The van der Waals surface area contributed by atoms with Gasteiger partial charge < -0.3 is 19.6 Å². The summed E-state index contributed by atoms with van der Waals surface area (Å²) in [6.07, 6.45) is 6.33. The monoisotopic (exact) mass is 542 g/mol. The maximum absolute atomic E-state index is 5.59. The highest BCUT2D eigenvalue weighted by Crippen LogP contribution is 2.17. The van der Waals surface area contributed by atoms with Crippen LogP contribution in [0.1, 0.15) is 17.1 Å². The zero-order valence-electron chi connectivity index (χ0n) is 17.9. The van der Waals surface area contributed by atoms with Crippen LogP contribution in [-0.4, -0.2) is 34.1 Å². The number of rotatable bonds is 8. The number of hydrogen-bond acceptors (Lipinski definition) is 4. The molecule has 2 N–H and O–H groups in total. The van der Waals surface area contributed by atoms with Crippen molar-refractivity contribution in [3.05, 3.63) is 96.4 Å². The fourth-order valence-corrected chi connectivity index (χ4v) is 3.28. The molecular weight excluding hydrogens is 515 g/mol. The van der Waals surface area contributed by atoms with Crippen LogP contribution in [0, 0.1) is 0 Å². The molecule has 4 rings (SSSR count). The topological polar surface area (TPSA) is 80.3 Å². The Kier molecular flexibility index (Phi) is 8.85. The summed E-state index contributed by atoms with van der Waals surface area (Å²) in [5.74, 6) is 2.37. The van der Waals surface area contributed by atoms with E-state index in [-0.39, 0.29) is 24.0 Å². The van der Waals surface area contributed by atoms with Crippen molar-refractivity contribution in [2.45, 2.75) is 19.5 Å². The first-order valence-electron chi connectivity index (χ1n) is 10.3. The summed E-state index contributed by atoms with van der Waals surface area (Å²) in [5.41, 5.74) is 3.04. The van der Waals surface area contributed by atoms with Crippen molar-refractivity contribution < 1.29 is 4.42 Å². The number of aromatic nitrogens is 3. The minimum Gasteiger partial charge on any atom is -0.444 e. The van der Waals surface area contributed by atoms with Crippen LogP contribution < -0.4 is 10.6 Å². The highest BCUT2D eigenvalue weighted by molar-refractivity contribution is 14.0. The Labute approximate surface area is 205 Å². The van der Waals surface area contributed by atoms with Crippen molar-refractivity contribution in [3.8, 4) is 11.5 Å². The van der Waals surface area contributed by atoms with E-state index in [9.17, 15) is 0 Å². The fourth-order valence-electron chi connectivity index (χ4n) is 3.28. The number of guanidine groups is 1. The molecule has 0 saturated heterocycles. The van der Waals surface area contributed by atoms with E-state index in [2.05, 4.69) is 54.4 Å². The molecule has 32 heavy (non-hydrogen) atoms. The third kappa shape index (κ3) is 6.43. The molecule has 166 valence electrons. The van der Waals surface area contributed by atoms with Gasteiger partial charge in [-0.3, -0.25) is 4.99 Å². The number of nitrogens with one attached hydrogen (secondary N) is 2. The maximum Gasteiger partial charge on any atom is 0.226 e. The van der Waals surface area contributed by atoms with E-state index in [4.69, 9.17) is 4.42 Å². The maximum atomic E-state index is 5.59. The molecule has 2 heterocycles. The molecule has 0 aliphatic carbocycles. The summed E-state index contributed by atoms with van der Waals surface area (Å²) in [6, 6.07) is 20.3. The Bertz CT molecular complexity index is 1110. The van der Waals surface area contributed by atoms with Gasteiger partial charge in [-0.25, -0.2) is 9.97 Å². The number of benzene rings is 2. The number of halogens is 1. The van der Waals surface area contributed by atoms with Crippen LogP contribution in [0.4, 0.5) is 0 Å².